The van der Waals surface area contributed by atoms with Crippen molar-refractivity contribution in [2.75, 3.05) is 9.80 Å². The molecule has 4 aliphatic rings. The minimum Gasteiger partial charge on any atom is -0.456 e. The van der Waals surface area contributed by atoms with Crippen LogP contribution in [0.3, 0.4) is 0 Å². The van der Waals surface area contributed by atoms with Crippen molar-refractivity contribution in [3.8, 4) is 134 Å². The highest BCUT2D eigenvalue weighted by Crippen LogP contribution is 2.59. The molecule has 0 unspecified atom stereocenters. The number of furan rings is 2. The maximum atomic E-state index is 6.33. The first-order valence-electron chi connectivity index (χ1n) is 49.0. The minimum atomic E-state index is -0.241. The molecule has 0 saturated carbocycles. The lowest BCUT2D eigenvalue weighted by atomic mass is 9.81. The van der Waals surface area contributed by atoms with Crippen LogP contribution in [-0.2, 0) is 21.7 Å². The van der Waals surface area contributed by atoms with Gasteiger partial charge in [0.25, 0.3) is 0 Å². The number of benzene rings is 21. The molecule has 140 heavy (non-hydrogen) atoms. The standard InChI is InChI=1S/C70H51NO.C66H49NO/c1-69(2)63-39-51(44-12-6-5-7-13-44)26-33-57(63)59-36-31-55(42-65(59)69)71(54-29-24-47(25-30-54)46-18-20-48(21-19-46)53-28-35-62-61-16-10-11-17-67(61)72-68(62)41-53)56-32-37-60-58-34-27-52(40-64(58)70(3,4)66(60)43-56)50-23-22-45-14-8-9-15-49(45)38-50;1-65(2)59-37-45(42-15-7-5-8-16-42)25-32-53(59)55-35-30-49(40-61(55)65)67(48-28-23-44(24-29-48)52-20-12-11-19-51(52)43-17-9-6-10-18-43)50-31-36-56-54-33-26-46(38-60(54)66(3,4)62(56)41-50)47-27-34-58-57-21-13-14-22-63(57)68-64(58)39-47/h5-43H,1-4H3;5-41H,1-4H3. The van der Waals surface area contributed by atoms with Crippen molar-refractivity contribution < 1.29 is 8.83 Å². The molecule has 4 aliphatic carbocycles. The largest absolute Gasteiger partial charge is 0.456 e. The summed E-state index contributed by atoms with van der Waals surface area (Å²) in [6, 6.07) is 170. The van der Waals surface area contributed by atoms with E-state index in [1.807, 2.05) is 24.3 Å². The fourth-order valence-electron chi connectivity index (χ4n) is 23.6. The van der Waals surface area contributed by atoms with Gasteiger partial charge in [0.1, 0.15) is 22.3 Å². The second kappa shape index (κ2) is 32.4. The Hall–Kier alpha value is -16.9. The number of fused-ring (bicyclic) bond motifs is 19. The summed E-state index contributed by atoms with van der Waals surface area (Å²) in [4.78, 5) is 4.94. The van der Waals surface area contributed by atoms with Crippen molar-refractivity contribution in [1.29, 1.82) is 0 Å². The van der Waals surface area contributed by atoms with Crippen LogP contribution in [0.4, 0.5) is 34.1 Å². The van der Waals surface area contributed by atoms with E-state index < -0.39 is 0 Å². The Morgan fingerprint density at radius 2 is 0.371 bits per heavy atom. The van der Waals surface area contributed by atoms with E-state index in [0.29, 0.717) is 0 Å². The van der Waals surface area contributed by atoms with Gasteiger partial charge in [0.2, 0.25) is 0 Å². The Balaban J connectivity index is 0.000000144. The van der Waals surface area contributed by atoms with Crippen LogP contribution >= 0.6 is 0 Å². The maximum Gasteiger partial charge on any atom is 0.136 e. The molecule has 4 nitrogen and oxygen atoms in total. The molecular weight excluding hydrogens is 1690 g/mol. The lowest BCUT2D eigenvalue weighted by Crippen LogP contribution is -2.18. The van der Waals surface area contributed by atoms with Gasteiger partial charge in [-0.05, 0) is 328 Å². The van der Waals surface area contributed by atoms with E-state index in [1.165, 1.54) is 172 Å². The van der Waals surface area contributed by atoms with Gasteiger partial charge in [0.05, 0.1) is 0 Å². The predicted molar refractivity (Wildman–Crippen MR) is 588 cm³/mol. The summed E-state index contributed by atoms with van der Waals surface area (Å²) < 4.78 is 12.6. The van der Waals surface area contributed by atoms with Crippen LogP contribution in [-0.4, -0.2) is 0 Å². The zero-order valence-electron chi connectivity index (χ0n) is 79.6. The molecule has 666 valence electrons. The van der Waals surface area contributed by atoms with E-state index in [2.05, 4.69) is 502 Å². The van der Waals surface area contributed by atoms with Gasteiger partial charge in [-0.3, -0.25) is 0 Å². The van der Waals surface area contributed by atoms with Crippen LogP contribution in [0, 0.1) is 0 Å². The van der Waals surface area contributed by atoms with E-state index in [9.17, 15) is 0 Å². The second-order valence-electron chi connectivity index (χ2n) is 40.6. The number of anilines is 6. The van der Waals surface area contributed by atoms with Crippen molar-refractivity contribution >= 4 is 88.8 Å². The quantitative estimate of drug-likeness (QED) is 0.109. The normalized spacial score (nSPS) is 13.8. The molecular formula is C136H100N2O2. The smallest absolute Gasteiger partial charge is 0.136 e. The highest BCUT2D eigenvalue weighted by atomic mass is 16.3. The third-order valence-corrected chi connectivity index (χ3v) is 31.2. The van der Waals surface area contributed by atoms with Gasteiger partial charge in [0.15, 0.2) is 0 Å². The van der Waals surface area contributed by atoms with E-state index in [4.69, 9.17) is 8.83 Å². The number of nitrogens with zero attached hydrogens (tertiary/aromatic N) is 2. The van der Waals surface area contributed by atoms with Crippen LogP contribution in [0.5, 0.6) is 0 Å². The SMILES string of the molecule is CC1(C)c2cc(-c3ccccc3)ccc2-c2ccc(N(c3ccc(-c4ccc(-c5ccc6c(c5)oc5ccccc56)cc4)cc3)c3ccc4c(c3)C(C)(C)c3cc(-c5ccc6ccccc6c5)ccc3-4)cc21.CC1(C)c2cc(-c3ccccc3)ccc2-c2ccc(N(c3ccc(-c4ccccc4-c4ccccc4)cc3)c3ccc4c(c3)C(C)(C)c3cc(-c5ccc6c(c5)oc5ccccc56)ccc3-4)cc21. The molecule has 4 heteroatoms. The maximum absolute atomic E-state index is 6.33. The Kier molecular flexibility index (Phi) is 19.4. The van der Waals surface area contributed by atoms with Crippen LogP contribution in [0.25, 0.3) is 188 Å². The highest BCUT2D eigenvalue weighted by Gasteiger charge is 2.42. The summed E-state index contributed by atoms with van der Waals surface area (Å²) in [5.74, 6) is 0. The molecule has 21 aromatic carbocycles. The summed E-state index contributed by atoms with van der Waals surface area (Å²) in [5, 5.41) is 7.12. The van der Waals surface area contributed by atoms with Gasteiger partial charge >= 0.3 is 0 Å². The molecule has 0 amide bonds. The molecule has 2 aromatic heterocycles. The average molecular weight is 1790 g/mol. The molecule has 0 atom stereocenters. The van der Waals surface area contributed by atoms with Crippen molar-refractivity contribution in [2.24, 2.45) is 0 Å². The summed E-state index contributed by atoms with van der Waals surface area (Å²) >= 11 is 0. The Bertz CT molecular complexity index is 8960. The van der Waals surface area contributed by atoms with Crippen LogP contribution in [0.15, 0.2) is 470 Å². The summed E-state index contributed by atoms with van der Waals surface area (Å²) in [5.41, 5.74) is 50.2. The molecule has 0 spiro atoms. The van der Waals surface area contributed by atoms with Gasteiger partial charge in [-0.2, -0.15) is 0 Å². The van der Waals surface area contributed by atoms with Gasteiger partial charge in [0, 0.05) is 77.3 Å². The molecule has 0 saturated heterocycles. The van der Waals surface area contributed by atoms with Crippen molar-refractivity contribution in [2.45, 2.75) is 77.0 Å². The van der Waals surface area contributed by atoms with E-state index in [-0.39, 0.29) is 21.7 Å². The minimum absolute atomic E-state index is 0.198. The first-order chi connectivity index (χ1) is 68.4. The molecule has 2 heterocycles. The monoisotopic (exact) mass is 1790 g/mol. The van der Waals surface area contributed by atoms with Crippen LogP contribution in [0.1, 0.15) is 99.9 Å². The topological polar surface area (TPSA) is 32.8 Å². The third kappa shape index (κ3) is 13.8. The third-order valence-electron chi connectivity index (χ3n) is 31.2. The lowest BCUT2D eigenvalue weighted by Gasteiger charge is -2.30. The zero-order chi connectivity index (χ0) is 94.0. The predicted octanol–water partition coefficient (Wildman–Crippen LogP) is 37.8. The summed E-state index contributed by atoms with van der Waals surface area (Å²) in [6.45, 7) is 19.1. The fraction of sp³-hybridized carbons (Fsp3) is 0.0882. The Labute approximate surface area is 817 Å². The zero-order valence-corrected chi connectivity index (χ0v) is 79.6. The molecule has 23 aromatic rings. The molecule has 0 aliphatic heterocycles. The van der Waals surface area contributed by atoms with Crippen LogP contribution in [0.2, 0.25) is 0 Å². The van der Waals surface area contributed by atoms with Gasteiger partial charge in [-0.1, -0.05) is 377 Å². The average Bonchev–Trinajstić information content (AvgIpc) is 1.57. The summed E-state index contributed by atoms with van der Waals surface area (Å²) in [7, 11) is 0. The first kappa shape index (κ1) is 83.7. The van der Waals surface area contributed by atoms with Crippen molar-refractivity contribution in [3.05, 3.63) is 506 Å². The first-order valence-corrected chi connectivity index (χ1v) is 49.0. The second-order valence-corrected chi connectivity index (χ2v) is 40.6. The highest BCUT2D eigenvalue weighted by molar-refractivity contribution is 6.08. The molecule has 0 bridgehead atoms. The number of rotatable bonds is 14. The Morgan fingerprint density at radius 3 is 0.757 bits per heavy atom. The molecule has 0 N–H and O–H groups in total. The van der Waals surface area contributed by atoms with Gasteiger partial charge in [-0.15, -0.1) is 0 Å². The lowest BCUT2D eigenvalue weighted by molar-refractivity contribution is 0.660. The summed E-state index contributed by atoms with van der Waals surface area (Å²) in [6.07, 6.45) is 0. The van der Waals surface area contributed by atoms with E-state index in [0.717, 1.165) is 94.7 Å². The number of para-hydroxylation sites is 2. The Morgan fingerprint density at radius 1 is 0.143 bits per heavy atom. The van der Waals surface area contributed by atoms with Crippen LogP contribution < -0.4 is 9.80 Å². The number of hydrogen-bond donors (Lipinski definition) is 0. The molecule has 27 rings (SSSR count). The van der Waals surface area contributed by atoms with Crippen molar-refractivity contribution in [1.82, 2.24) is 0 Å². The van der Waals surface area contributed by atoms with E-state index >= 15 is 0 Å². The fourth-order valence-corrected chi connectivity index (χ4v) is 23.6. The molecule has 0 fully saturated rings. The number of hydrogen-bond acceptors (Lipinski definition) is 4. The van der Waals surface area contributed by atoms with Crippen molar-refractivity contribution in [3.63, 3.8) is 0 Å². The van der Waals surface area contributed by atoms with Gasteiger partial charge in [-0.25, -0.2) is 0 Å². The van der Waals surface area contributed by atoms with E-state index in [1.54, 1.807) is 0 Å². The van der Waals surface area contributed by atoms with Gasteiger partial charge < -0.3 is 18.6 Å². The molecule has 0 radical (unpaired) electrons.